The molecule has 38 heavy (non-hydrogen) atoms. The van der Waals surface area contributed by atoms with E-state index in [1.54, 1.807) is 66.5 Å². The van der Waals surface area contributed by atoms with Gasteiger partial charge >= 0.3 is 5.97 Å². The lowest BCUT2D eigenvalue weighted by Crippen LogP contribution is -2.14. The van der Waals surface area contributed by atoms with Crippen molar-refractivity contribution in [2.45, 2.75) is 26.8 Å². The quantitative estimate of drug-likeness (QED) is 0.291. The maximum atomic E-state index is 13.5. The lowest BCUT2D eigenvalue weighted by molar-refractivity contribution is 0.0698. The van der Waals surface area contributed by atoms with Gasteiger partial charge in [0, 0.05) is 23.0 Å². The highest BCUT2D eigenvalue weighted by Gasteiger charge is 2.21. The zero-order valence-electron chi connectivity index (χ0n) is 21.0. The maximum Gasteiger partial charge on any atom is 0.337 e. The van der Waals surface area contributed by atoms with Crippen molar-refractivity contribution < 1.29 is 14.3 Å². The Morgan fingerprint density at radius 1 is 1.13 bits per heavy atom. The molecule has 0 aliphatic heterocycles. The molecule has 0 aliphatic rings. The van der Waals surface area contributed by atoms with E-state index in [1.807, 2.05) is 26.0 Å². The molecular weight excluding hydrogens is 480 g/mol. The van der Waals surface area contributed by atoms with Gasteiger partial charge in [-0.05, 0) is 62.7 Å². The van der Waals surface area contributed by atoms with Gasteiger partial charge in [0.25, 0.3) is 0 Å². The molecule has 5 aromatic rings. The topological polar surface area (TPSA) is 121 Å². The molecule has 0 bridgehead atoms. The monoisotopic (exact) mass is 504 g/mol. The van der Waals surface area contributed by atoms with E-state index in [0.717, 1.165) is 11.1 Å². The Bertz CT molecular complexity index is 1810. The number of nitrogens with zero attached hydrogens (tertiary/aromatic N) is 3. The Labute approximate surface area is 218 Å². The molecule has 1 atom stereocenters. The maximum absolute atomic E-state index is 13.5. The van der Waals surface area contributed by atoms with Gasteiger partial charge in [-0.15, -0.1) is 0 Å². The van der Waals surface area contributed by atoms with Crippen molar-refractivity contribution in [2.75, 3.05) is 5.32 Å². The van der Waals surface area contributed by atoms with Crippen molar-refractivity contribution in [1.82, 2.24) is 9.78 Å². The summed E-state index contributed by atoms with van der Waals surface area (Å²) in [5.41, 5.74) is 4.81. The van der Waals surface area contributed by atoms with Gasteiger partial charge in [0.2, 0.25) is 0 Å². The second kappa shape index (κ2) is 9.71. The third kappa shape index (κ3) is 4.42. The summed E-state index contributed by atoms with van der Waals surface area (Å²) in [5, 5.41) is 27.0. The number of para-hydroxylation sites is 1. The summed E-state index contributed by atoms with van der Waals surface area (Å²) < 4.78 is 8.04. The molecule has 0 spiro atoms. The minimum Gasteiger partial charge on any atom is -0.478 e. The third-order valence-corrected chi connectivity index (χ3v) is 6.47. The Morgan fingerprint density at radius 2 is 1.92 bits per heavy atom. The number of aromatic nitrogens is 2. The number of rotatable bonds is 6. The normalized spacial score (nSPS) is 11.7. The molecule has 2 heterocycles. The molecule has 0 radical (unpaired) electrons. The van der Waals surface area contributed by atoms with Gasteiger partial charge in [-0.2, -0.15) is 10.4 Å². The lowest BCUT2D eigenvalue weighted by atomic mass is 9.99. The van der Waals surface area contributed by atoms with Crippen LogP contribution in [-0.4, -0.2) is 20.9 Å². The van der Waals surface area contributed by atoms with E-state index < -0.39 is 5.97 Å². The van der Waals surface area contributed by atoms with E-state index >= 15 is 0 Å². The molecule has 2 aromatic heterocycles. The average molecular weight is 505 g/mol. The molecule has 1 unspecified atom stereocenters. The van der Waals surface area contributed by atoms with Crippen molar-refractivity contribution in [2.24, 2.45) is 0 Å². The number of nitrogens with one attached hydrogen (secondary N) is 1. The minimum absolute atomic E-state index is 0.149. The van der Waals surface area contributed by atoms with Crippen LogP contribution in [0.4, 0.5) is 5.69 Å². The summed E-state index contributed by atoms with van der Waals surface area (Å²) in [6, 6.07) is 19.2. The Hall–Kier alpha value is -5.16. The molecule has 0 aliphatic carbocycles. The van der Waals surface area contributed by atoms with E-state index in [2.05, 4.69) is 16.5 Å². The Kier molecular flexibility index (Phi) is 6.27. The average Bonchev–Trinajstić information content (AvgIpc) is 3.41. The number of aryl methyl sites for hydroxylation is 1. The van der Waals surface area contributed by atoms with Gasteiger partial charge < -0.3 is 14.8 Å². The summed E-state index contributed by atoms with van der Waals surface area (Å²) in [6.07, 6.45) is 3.38. The number of anilines is 1. The van der Waals surface area contributed by atoms with Crippen LogP contribution in [0.25, 0.3) is 28.0 Å². The van der Waals surface area contributed by atoms with E-state index in [9.17, 15) is 20.0 Å². The molecule has 8 heteroatoms. The molecule has 3 aromatic carbocycles. The molecule has 8 nitrogen and oxygen atoms in total. The summed E-state index contributed by atoms with van der Waals surface area (Å²) in [6.45, 7) is 5.52. The van der Waals surface area contributed by atoms with Crippen LogP contribution in [0.5, 0.6) is 0 Å². The van der Waals surface area contributed by atoms with Crippen LogP contribution in [0, 0.1) is 25.2 Å². The number of carboxylic acids is 1. The fourth-order valence-corrected chi connectivity index (χ4v) is 4.57. The third-order valence-electron chi connectivity index (χ3n) is 6.47. The highest BCUT2D eigenvalue weighted by Crippen LogP contribution is 2.33. The van der Waals surface area contributed by atoms with Crippen LogP contribution >= 0.6 is 0 Å². The fourth-order valence-electron chi connectivity index (χ4n) is 4.57. The van der Waals surface area contributed by atoms with Crippen molar-refractivity contribution in [1.29, 1.82) is 5.26 Å². The van der Waals surface area contributed by atoms with Crippen LogP contribution in [0.2, 0.25) is 0 Å². The summed E-state index contributed by atoms with van der Waals surface area (Å²) in [7, 11) is 0. The van der Waals surface area contributed by atoms with Crippen LogP contribution in [-0.2, 0) is 0 Å². The second-order valence-electron chi connectivity index (χ2n) is 9.17. The summed E-state index contributed by atoms with van der Waals surface area (Å²) in [5.74, 6) is -0.635. The van der Waals surface area contributed by atoms with Crippen molar-refractivity contribution in [3.8, 4) is 23.1 Å². The highest BCUT2D eigenvalue weighted by molar-refractivity contribution is 5.94. The number of fused-ring (bicyclic) bond motifs is 1. The first-order chi connectivity index (χ1) is 18.3. The number of benzene rings is 3. The summed E-state index contributed by atoms with van der Waals surface area (Å²) in [4.78, 5) is 25.2. The van der Waals surface area contributed by atoms with E-state index in [1.165, 1.54) is 6.07 Å². The predicted molar refractivity (Wildman–Crippen MR) is 145 cm³/mol. The van der Waals surface area contributed by atoms with E-state index in [-0.39, 0.29) is 17.0 Å². The van der Waals surface area contributed by atoms with Gasteiger partial charge in [0.05, 0.1) is 46.1 Å². The van der Waals surface area contributed by atoms with Crippen LogP contribution < -0.4 is 10.7 Å². The Morgan fingerprint density at radius 3 is 2.68 bits per heavy atom. The van der Waals surface area contributed by atoms with Crippen molar-refractivity contribution in [3.05, 3.63) is 111 Å². The summed E-state index contributed by atoms with van der Waals surface area (Å²) >= 11 is 0. The predicted octanol–water partition coefficient (Wildman–Crippen LogP) is 6.01. The number of carboxylic acid groups (broad SMARTS) is 1. The zero-order chi connectivity index (χ0) is 27.0. The molecule has 0 saturated carbocycles. The van der Waals surface area contributed by atoms with Crippen LogP contribution in [0.3, 0.4) is 0 Å². The first-order valence-corrected chi connectivity index (χ1v) is 12.0. The second-order valence-corrected chi connectivity index (χ2v) is 9.17. The molecule has 2 N–H and O–H groups in total. The minimum atomic E-state index is -1.03. The van der Waals surface area contributed by atoms with Gasteiger partial charge in [0.1, 0.15) is 11.3 Å². The number of carbonyl (C=O) groups is 1. The fraction of sp³-hybridized carbons (Fsp3) is 0.133. The molecule has 5 rings (SSSR count). The molecular formula is C30H24N4O4. The first kappa shape index (κ1) is 24.5. The Balaban J connectivity index is 1.62. The van der Waals surface area contributed by atoms with Gasteiger partial charge in [-0.25, -0.2) is 9.48 Å². The van der Waals surface area contributed by atoms with Crippen LogP contribution in [0.15, 0.2) is 82.3 Å². The van der Waals surface area contributed by atoms with E-state index in [4.69, 9.17) is 4.42 Å². The van der Waals surface area contributed by atoms with Crippen molar-refractivity contribution >= 4 is 22.6 Å². The zero-order valence-corrected chi connectivity index (χ0v) is 21.0. The first-order valence-electron chi connectivity index (χ1n) is 12.0. The molecule has 0 fully saturated rings. The smallest absolute Gasteiger partial charge is 0.337 e. The molecule has 188 valence electrons. The SMILES string of the molecule is Cc1cc(C(C)Nc2ccccc2C(=O)O)c2oc(-c3cnn(-c4cccc(C#N)c4)c3)c(C)c(=O)c2c1. The number of nitriles is 1. The lowest BCUT2D eigenvalue weighted by Gasteiger charge is -2.19. The molecule has 0 amide bonds. The van der Waals surface area contributed by atoms with E-state index in [0.29, 0.717) is 44.8 Å². The largest absolute Gasteiger partial charge is 0.478 e. The van der Waals surface area contributed by atoms with Crippen molar-refractivity contribution in [3.63, 3.8) is 0 Å². The van der Waals surface area contributed by atoms with Gasteiger partial charge in [-0.1, -0.05) is 24.3 Å². The molecule has 0 saturated heterocycles. The number of hydrogen-bond acceptors (Lipinski definition) is 6. The van der Waals surface area contributed by atoms with Gasteiger partial charge in [0.15, 0.2) is 5.43 Å². The van der Waals surface area contributed by atoms with Crippen LogP contribution in [0.1, 0.15) is 45.6 Å². The standard InChI is InChI=1S/C30H24N4O4/c1-17-11-24(19(3)33-26-10-5-4-9-23(26)30(36)37)29-25(12-17)27(35)18(2)28(38-29)21-15-32-34(16-21)22-8-6-7-20(13-22)14-31/h4-13,15-16,19,33H,1-3H3,(H,36,37). The number of aromatic carboxylic acids is 1. The van der Waals surface area contributed by atoms with Gasteiger partial charge in [-0.3, -0.25) is 4.79 Å². The number of hydrogen-bond donors (Lipinski definition) is 2. The highest BCUT2D eigenvalue weighted by atomic mass is 16.4.